The molecule has 1 aromatic carbocycles. The first-order valence-electron chi connectivity index (χ1n) is 3.83. The Hall–Kier alpha value is -2.04. The van der Waals surface area contributed by atoms with Crippen LogP contribution in [0.25, 0.3) is 5.53 Å². The molecular weight excluding hydrogens is 162 g/mol. The van der Waals surface area contributed by atoms with Crippen LogP contribution in [0.5, 0.6) is 0 Å². The van der Waals surface area contributed by atoms with Crippen LogP contribution in [0.15, 0.2) is 30.3 Å². The van der Waals surface area contributed by atoms with Crippen LogP contribution in [-0.2, 0) is 6.54 Å². The molecule has 0 aliphatic rings. The van der Waals surface area contributed by atoms with Crippen LogP contribution in [-0.4, -0.2) is 10.6 Å². The SMILES string of the molecule is C#CC(=[N+]=[N-])NCc1ccccc1. The quantitative estimate of drug-likeness (QED) is 0.233. The fourth-order valence-electron chi connectivity index (χ4n) is 0.897. The van der Waals surface area contributed by atoms with Crippen LogP contribution in [0.4, 0.5) is 0 Å². The standard InChI is InChI=1S/C10H9N3/c1-2-10(13-11)12-8-9-6-4-3-5-7-9/h1,3-7,12H,8H2. The second-order valence-electron chi connectivity index (χ2n) is 2.43. The molecule has 13 heavy (non-hydrogen) atoms. The lowest BCUT2D eigenvalue weighted by molar-refractivity contribution is -0.00774. The highest BCUT2D eigenvalue weighted by Gasteiger charge is 2.00. The zero-order chi connectivity index (χ0) is 9.52. The van der Waals surface area contributed by atoms with E-state index in [1.807, 2.05) is 30.3 Å². The first kappa shape index (κ1) is 9.05. The molecule has 3 nitrogen and oxygen atoms in total. The van der Waals surface area contributed by atoms with E-state index in [2.05, 4.69) is 16.0 Å². The van der Waals surface area contributed by atoms with Crippen LogP contribution in [0.1, 0.15) is 5.56 Å². The summed E-state index contributed by atoms with van der Waals surface area (Å²) in [5, 5.41) is 2.80. The van der Waals surface area contributed by atoms with E-state index in [4.69, 9.17) is 12.0 Å². The number of amidine groups is 1. The minimum atomic E-state index is 0.142. The van der Waals surface area contributed by atoms with E-state index in [1.165, 1.54) is 0 Å². The van der Waals surface area contributed by atoms with E-state index in [9.17, 15) is 0 Å². The highest BCUT2D eigenvalue weighted by atomic mass is 15.0. The number of nitrogens with one attached hydrogen (secondary N) is 1. The Balaban J connectivity index is 2.54. The summed E-state index contributed by atoms with van der Waals surface area (Å²) in [5.41, 5.74) is 9.47. The molecule has 0 aliphatic heterocycles. The smallest absolute Gasteiger partial charge is 0.406 e. The van der Waals surface area contributed by atoms with Crippen molar-refractivity contribution in [2.45, 2.75) is 6.54 Å². The average molecular weight is 171 g/mol. The zero-order valence-electron chi connectivity index (χ0n) is 7.07. The number of terminal acetylenes is 1. The minimum Gasteiger partial charge on any atom is -0.497 e. The predicted octanol–water partition coefficient (Wildman–Crippen LogP) is 1.04. The van der Waals surface area contributed by atoms with Crippen molar-refractivity contribution in [3.05, 3.63) is 41.4 Å². The van der Waals surface area contributed by atoms with Gasteiger partial charge in [0.1, 0.15) is 6.54 Å². The van der Waals surface area contributed by atoms with Gasteiger partial charge in [-0.1, -0.05) is 30.3 Å². The highest BCUT2D eigenvalue weighted by Crippen LogP contribution is 1.96. The highest BCUT2D eigenvalue weighted by molar-refractivity contribution is 5.93. The lowest BCUT2D eigenvalue weighted by Crippen LogP contribution is -2.21. The Bertz CT molecular complexity index is 356. The largest absolute Gasteiger partial charge is 0.497 e. The summed E-state index contributed by atoms with van der Waals surface area (Å²) in [6, 6.07) is 9.72. The van der Waals surface area contributed by atoms with Gasteiger partial charge in [0.25, 0.3) is 0 Å². The van der Waals surface area contributed by atoms with Crippen molar-refractivity contribution >= 4 is 5.84 Å². The molecule has 1 rings (SSSR count). The summed E-state index contributed by atoms with van der Waals surface area (Å²) in [6.45, 7) is 0.560. The Kier molecular flexibility index (Phi) is 3.31. The van der Waals surface area contributed by atoms with Crippen molar-refractivity contribution < 1.29 is 4.79 Å². The van der Waals surface area contributed by atoms with Gasteiger partial charge >= 0.3 is 5.84 Å². The van der Waals surface area contributed by atoms with Crippen molar-refractivity contribution in [1.29, 1.82) is 0 Å². The van der Waals surface area contributed by atoms with Crippen molar-refractivity contribution in [3.8, 4) is 12.3 Å². The van der Waals surface area contributed by atoms with E-state index in [1.54, 1.807) is 0 Å². The summed E-state index contributed by atoms with van der Waals surface area (Å²) in [6.07, 6.45) is 5.04. The summed E-state index contributed by atoms with van der Waals surface area (Å²) in [7, 11) is 0. The Morgan fingerprint density at radius 3 is 2.69 bits per heavy atom. The van der Waals surface area contributed by atoms with Crippen LogP contribution in [0.2, 0.25) is 0 Å². The van der Waals surface area contributed by atoms with Crippen molar-refractivity contribution in [3.63, 3.8) is 0 Å². The summed E-state index contributed by atoms with van der Waals surface area (Å²) >= 11 is 0. The number of hydrogen-bond acceptors (Lipinski definition) is 0. The van der Waals surface area contributed by atoms with Gasteiger partial charge in [0.2, 0.25) is 0 Å². The average Bonchev–Trinajstić information content (AvgIpc) is 2.21. The summed E-state index contributed by atoms with van der Waals surface area (Å²) in [4.78, 5) is 2.89. The van der Waals surface area contributed by atoms with Gasteiger partial charge < -0.3 is 10.3 Å². The summed E-state index contributed by atoms with van der Waals surface area (Å²) in [5.74, 6) is 2.35. The van der Waals surface area contributed by atoms with E-state index >= 15 is 0 Å². The van der Waals surface area contributed by atoms with Crippen molar-refractivity contribution in [2.75, 3.05) is 0 Å². The fraction of sp³-hybridized carbons (Fsp3) is 0.100. The van der Waals surface area contributed by atoms with Gasteiger partial charge in [0, 0.05) is 5.92 Å². The van der Waals surface area contributed by atoms with Crippen LogP contribution < -0.4 is 5.32 Å². The molecule has 64 valence electrons. The molecule has 1 N–H and O–H groups in total. The molecule has 0 heterocycles. The third-order valence-electron chi connectivity index (χ3n) is 1.54. The van der Waals surface area contributed by atoms with Gasteiger partial charge in [0.05, 0.1) is 0 Å². The Morgan fingerprint density at radius 2 is 2.15 bits per heavy atom. The summed E-state index contributed by atoms with van der Waals surface area (Å²) < 4.78 is 0. The van der Waals surface area contributed by atoms with Crippen LogP contribution in [0, 0.1) is 12.3 Å². The molecule has 3 heteroatoms. The van der Waals surface area contributed by atoms with E-state index < -0.39 is 0 Å². The van der Waals surface area contributed by atoms with Crippen LogP contribution in [0.3, 0.4) is 0 Å². The molecule has 0 radical (unpaired) electrons. The number of hydrogen-bond donors (Lipinski definition) is 1. The van der Waals surface area contributed by atoms with Crippen molar-refractivity contribution in [1.82, 2.24) is 5.32 Å². The Labute approximate surface area is 77.0 Å². The van der Waals surface area contributed by atoms with E-state index in [-0.39, 0.29) is 5.84 Å². The topological polar surface area (TPSA) is 48.4 Å². The molecule has 0 saturated heterocycles. The van der Waals surface area contributed by atoms with E-state index in [0.717, 1.165) is 5.56 Å². The fourth-order valence-corrected chi connectivity index (χ4v) is 0.897. The van der Waals surface area contributed by atoms with Crippen LogP contribution >= 0.6 is 0 Å². The number of rotatable bonds is 2. The molecule has 0 aromatic heterocycles. The maximum atomic E-state index is 8.39. The molecule has 0 fully saturated rings. The van der Waals surface area contributed by atoms with Gasteiger partial charge in [-0.05, 0) is 5.56 Å². The molecule has 0 bridgehead atoms. The third-order valence-corrected chi connectivity index (χ3v) is 1.54. The molecule has 1 aromatic rings. The predicted molar refractivity (Wildman–Crippen MR) is 50.7 cm³/mol. The lowest BCUT2D eigenvalue weighted by atomic mass is 10.2. The van der Waals surface area contributed by atoms with E-state index in [0.29, 0.717) is 6.54 Å². The molecule has 0 saturated carbocycles. The molecule has 0 unspecified atom stereocenters. The second-order valence-corrected chi connectivity index (χ2v) is 2.43. The minimum absolute atomic E-state index is 0.142. The molecule has 0 spiro atoms. The molecular formula is C10H9N3. The molecule has 0 aliphatic carbocycles. The molecule has 0 atom stereocenters. The Morgan fingerprint density at radius 1 is 1.46 bits per heavy atom. The maximum Gasteiger partial charge on any atom is 0.406 e. The van der Waals surface area contributed by atoms with Gasteiger partial charge in [-0.3, -0.25) is 0 Å². The first-order valence-corrected chi connectivity index (χ1v) is 3.83. The van der Waals surface area contributed by atoms with Gasteiger partial charge in [-0.15, -0.1) is 6.42 Å². The number of benzene rings is 1. The lowest BCUT2D eigenvalue weighted by Gasteiger charge is -1.95. The van der Waals surface area contributed by atoms with Gasteiger partial charge in [-0.25, -0.2) is 5.32 Å². The first-order chi connectivity index (χ1) is 6.36. The molecule has 0 amide bonds. The third kappa shape index (κ3) is 2.82. The zero-order valence-corrected chi connectivity index (χ0v) is 7.07. The maximum absolute atomic E-state index is 8.39. The van der Waals surface area contributed by atoms with Gasteiger partial charge in [0.15, 0.2) is 0 Å². The van der Waals surface area contributed by atoms with Gasteiger partial charge in [-0.2, -0.15) is 0 Å². The van der Waals surface area contributed by atoms with Crippen molar-refractivity contribution in [2.24, 2.45) is 0 Å². The second kappa shape index (κ2) is 4.76. The normalized spacial score (nSPS) is 8.23. The number of nitrogens with zero attached hydrogens (tertiary/aromatic N) is 2. The monoisotopic (exact) mass is 171 g/mol.